The fourth-order valence-electron chi connectivity index (χ4n) is 3.05. The molecule has 1 aliphatic rings. The first-order valence-electron chi connectivity index (χ1n) is 8.54. The maximum absolute atomic E-state index is 12.7. The molecule has 0 aliphatic carbocycles. The van der Waals surface area contributed by atoms with Crippen LogP contribution in [0.4, 0.5) is 0 Å². The van der Waals surface area contributed by atoms with Crippen molar-refractivity contribution in [1.29, 1.82) is 0 Å². The second-order valence-electron chi connectivity index (χ2n) is 6.23. The molecule has 2 aromatic rings. The Kier molecular flexibility index (Phi) is 5.91. The van der Waals surface area contributed by atoms with Gasteiger partial charge in [0.2, 0.25) is 0 Å². The number of hydrogen-bond acceptors (Lipinski definition) is 4. The summed E-state index contributed by atoms with van der Waals surface area (Å²) in [6.07, 6.45) is 0. The second-order valence-corrected chi connectivity index (χ2v) is 6.67. The third-order valence-electron chi connectivity index (χ3n) is 4.40. The summed E-state index contributed by atoms with van der Waals surface area (Å²) < 4.78 is 5.63. The molecule has 0 saturated carbocycles. The Labute approximate surface area is 157 Å². The monoisotopic (exact) mass is 372 g/mol. The lowest BCUT2D eigenvalue weighted by atomic mass is 10.0. The Balaban J connectivity index is 1.69. The van der Waals surface area contributed by atoms with Gasteiger partial charge in [0, 0.05) is 30.2 Å². The molecule has 3 rings (SSSR count). The minimum Gasteiger partial charge on any atom is -0.484 e. The summed E-state index contributed by atoms with van der Waals surface area (Å²) >= 11 is 6.10. The summed E-state index contributed by atoms with van der Waals surface area (Å²) in [5, 5.41) is 3.97. The fraction of sp³-hybridized carbons (Fsp3) is 0.300. The number of ether oxygens (including phenoxy) is 1. The molecule has 1 aliphatic heterocycles. The molecule has 1 heterocycles. The van der Waals surface area contributed by atoms with E-state index >= 15 is 0 Å². The van der Waals surface area contributed by atoms with Crippen molar-refractivity contribution in [3.8, 4) is 5.75 Å². The van der Waals surface area contributed by atoms with Gasteiger partial charge in [-0.1, -0.05) is 35.9 Å². The first kappa shape index (κ1) is 18.4. The number of hydrogen-bond donors (Lipinski definition) is 1. The molecule has 26 heavy (non-hydrogen) atoms. The van der Waals surface area contributed by atoms with E-state index < -0.39 is 0 Å². The van der Waals surface area contributed by atoms with Crippen molar-refractivity contribution in [1.82, 2.24) is 10.2 Å². The molecule has 136 valence electrons. The van der Waals surface area contributed by atoms with E-state index in [1.54, 1.807) is 24.3 Å². The number of carbonyl (C=O) groups excluding carboxylic acids is 2. The van der Waals surface area contributed by atoms with Gasteiger partial charge in [-0.3, -0.25) is 9.59 Å². The van der Waals surface area contributed by atoms with Crippen molar-refractivity contribution in [3.63, 3.8) is 0 Å². The van der Waals surface area contributed by atoms with Gasteiger partial charge in [-0.05, 0) is 36.8 Å². The van der Waals surface area contributed by atoms with Crippen molar-refractivity contribution in [2.75, 3.05) is 26.2 Å². The second kappa shape index (κ2) is 8.34. The van der Waals surface area contributed by atoms with Crippen molar-refractivity contribution < 1.29 is 14.3 Å². The zero-order valence-electron chi connectivity index (χ0n) is 14.6. The largest absolute Gasteiger partial charge is 0.484 e. The van der Waals surface area contributed by atoms with Crippen LogP contribution in [0.3, 0.4) is 0 Å². The van der Waals surface area contributed by atoms with Crippen LogP contribution in [-0.2, 0) is 4.79 Å². The minimum atomic E-state index is -0.0929. The highest BCUT2D eigenvalue weighted by Crippen LogP contribution is 2.25. The van der Waals surface area contributed by atoms with Gasteiger partial charge in [-0.2, -0.15) is 0 Å². The molecule has 1 saturated heterocycles. The Morgan fingerprint density at radius 2 is 2.04 bits per heavy atom. The van der Waals surface area contributed by atoms with Crippen LogP contribution in [-0.4, -0.2) is 42.8 Å². The van der Waals surface area contributed by atoms with Crippen molar-refractivity contribution >= 4 is 23.3 Å². The average Bonchev–Trinajstić information content (AvgIpc) is 2.66. The molecule has 2 aromatic carbocycles. The number of benzene rings is 2. The Morgan fingerprint density at radius 1 is 1.23 bits per heavy atom. The van der Waals surface area contributed by atoms with Crippen LogP contribution >= 0.6 is 11.6 Å². The van der Waals surface area contributed by atoms with Crippen molar-refractivity contribution in [2.24, 2.45) is 0 Å². The highest BCUT2D eigenvalue weighted by atomic mass is 35.5. The molecular weight excluding hydrogens is 352 g/mol. The quantitative estimate of drug-likeness (QED) is 0.819. The third-order valence-corrected chi connectivity index (χ3v) is 4.64. The lowest BCUT2D eigenvalue weighted by molar-refractivity contribution is -0.136. The highest BCUT2D eigenvalue weighted by molar-refractivity contribution is 6.30. The lowest BCUT2D eigenvalue weighted by Gasteiger charge is -2.36. The summed E-state index contributed by atoms with van der Waals surface area (Å²) in [4.78, 5) is 26.0. The van der Waals surface area contributed by atoms with Gasteiger partial charge in [-0.15, -0.1) is 0 Å². The molecule has 0 bridgehead atoms. The number of rotatable bonds is 5. The number of amides is 1. The van der Waals surface area contributed by atoms with Crippen LogP contribution in [0.25, 0.3) is 0 Å². The summed E-state index contributed by atoms with van der Waals surface area (Å²) in [7, 11) is 0. The van der Waals surface area contributed by atoms with Crippen LogP contribution in [0.15, 0.2) is 48.5 Å². The minimum absolute atomic E-state index is 0.0371. The third kappa shape index (κ3) is 4.42. The predicted octanol–water partition coefficient (Wildman–Crippen LogP) is 3.09. The van der Waals surface area contributed by atoms with Gasteiger partial charge in [0.1, 0.15) is 5.75 Å². The number of Topliss-reactive ketones (excluding diaryl/α,β-unsaturated/α-hetero) is 1. The summed E-state index contributed by atoms with van der Waals surface area (Å²) in [5.74, 6) is 0.384. The van der Waals surface area contributed by atoms with E-state index in [0.29, 0.717) is 29.4 Å². The van der Waals surface area contributed by atoms with Gasteiger partial charge in [0.05, 0.1) is 6.04 Å². The summed E-state index contributed by atoms with van der Waals surface area (Å²) in [6.45, 7) is 3.44. The first-order valence-corrected chi connectivity index (χ1v) is 8.92. The number of carbonyl (C=O) groups is 2. The van der Waals surface area contributed by atoms with Crippen LogP contribution in [0, 0.1) is 0 Å². The first-order chi connectivity index (χ1) is 12.5. The summed E-state index contributed by atoms with van der Waals surface area (Å²) in [5.41, 5.74) is 1.56. The highest BCUT2D eigenvalue weighted by Gasteiger charge is 2.28. The van der Waals surface area contributed by atoms with E-state index in [4.69, 9.17) is 16.3 Å². The molecule has 0 radical (unpaired) electrons. The number of nitrogens with one attached hydrogen (secondary N) is 1. The van der Waals surface area contributed by atoms with Crippen LogP contribution in [0.5, 0.6) is 5.75 Å². The number of halogens is 1. The zero-order valence-corrected chi connectivity index (χ0v) is 15.3. The molecule has 1 N–H and O–H groups in total. The molecule has 6 heteroatoms. The van der Waals surface area contributed by atoms with Gasteiger partial charge < -0.3 is 15.0 Å². The number of piperazine rings is 1. The van der Waals surface area contributed by atoms with E-state index in [-0.39, 0.29) is 24.3 Å². The maximum atomic E-state index is 12.7. The molecule has 1 unspecified atom stereocenters. The molecule has 1 amide bonds. The van der Waals surface area contributed by atoms with Gasteiger partial charge >= 0.3 is 0 Å². The van der Waals surface area contributed by atoms with Crippen LogP contribution in [0.1, 0.15) is 28.9 Å². The van der Waals surface area contributed by atoms with E-state index in [9.17, 15) is 9.59 Å². The average molecular weight is 373 g/mol. The van der Waals surface area contributed by atoms with Gasteiger partial charge in [-0.25, -0.2) is 0 Å². The molecule has 1 fully saturated rings. The molecule has 0 aromatic heterocycles. The SMILES string of the molecule is CC(=O)c1cccc(OCC(=O)N2CCNCC2c2cccc(Cl)c2)c1. The Morgan fingerprint density at radius 3 is 2.81 bits per heavy atom. The van der Waals surface area contributed by atoms with Crippen molar-refractivity contribution in [2.45, 2.75) is 13.0 Å². The zero-order chi connectivity index (χ0) is 18.5. The van der Waals surface area contributed by atoms with E-state index in [1.165, 1.54) is 6.92 Å². The Bertz CT molecular complexity index is 809. The maximum Gasteiger partial charge on any atom is 0.261 e. The Hall–Kier alpha value is -2.37. The lowest BCUT2D eigenvalue weighted by Crippen LogP contribution is -2.50. The van der Waals surface area contributed by atoms with Crippen molar-refractivity contribution in [3.05, 3.63) is 64.7 Å². The topological polar surface area (TPSA) is 58.6 Å². The normalized spacial score (nSPS) is 17.0. The molecule has 5 nitrogen and oxygen atoms in total. The molecule has 1 atom stereocenters. The summed E-state index contributed by atoms with van der Waals surface area (Å²) in [6, 6.07) is 14.4. The fourth-order valence-corrected chi connectivity index (χ4v) is 3.25. The van der Waals surface area contributed by atoms with Crippen LogP contribution < -0.4 is 10.1 Å². The molecular formula is C20H21ClN2O3. The van der Waals surface area contributed by atoms with E-state index in [0.717, 1.165) is 12.1 Å². The predicted molar refractivity (Wildman–Crippen MR) is 101 cm³/mol. The van der Waals surface area contributed by atoms with Gasteiger partial charge in [0.15, 0.2) is 12.4 Å². The van der Waals surface area contributed by atoms with Crippen LogP contribution in [0.2, 0.25) is 5.02 Å². The van der Waals surface area contributed by atoms with E-state index in [2.05, 4.69) is 5.32 Å². The number of ketones is 1. The molecule has 0 spiro atoms. The smallest absolute Gasteiger partial charge is 0.261 e. The van der Waals surface area contributed by atoms with E-state index in [1.807, 2.05) is 29.2 Å². The van der Waals surface area contributed by atoms with Gasteiger partial charge in [0.25, 0.3) is 5.91 Å². The standard InChI is InChI=1S/C20H21ClN2O3/c1-14(24)15-4-3-7-18(11-15)26-13-20(25)23-9-8-22-12-19(23)16-5-2-6-17(21)10-16/h2-7,10-11,19,22H,8-9,12-13H2,1H3. The number of nitrogens with zero attached hydrogens (tertiary/aromatic N) is 1.